The molecule has 1 aromatic heterocycles. The molecule has 0 spiro atoms. The van der Waals surface area contributed by atoms with Crippen LogP contribution >= 0.6 is 0 Å². The topological polar surface area (TPSA) is 36.4 Å². The largest absolute Gasteiger partial charge is 0.416 e. The monoisotopic (exact) mass is 527 g/mol. The van der Waals surface area contributed by atoms with Gasteiger partial charge in [-0.3, -0.25) is 14.7 Å². The Morgan fingerprint density at radius 1 is 1.05 bits per heavy atom. The first kappa shape index (κ1) is 27.8. The van der Waals surface area contributed by atoms with E-state index in [2.05, 4.69) is 9.88 Å². The summed E-state index contributed by atoms with van der Waals surface area (Å²) in [5.74, 6) is -0.734. The minimum Gasteiger partial charge on any atom is -0.338 e. The highest BCUT2D eigenvalue weighted by molar-refractivity contribution is 5.94. The van der Waals surface area contributed by atoms with E-state index in [0.29, 0.717) is 43.9 Å². The maximum absolute atomic E-state index is 13.5. The van der Waals surface area contributed by atoms with E-state index in [1.54, 1.807) is 11.0 Å². The van der Waals surface area contributed by atoms with Crippen LogP contribution < -0.4 is 0 Å². The molecular formula is C30H33F4N3O. The first-order valence-corrected chi connectivity index (χ1v) is 12.9. The van der Waals surface area contributed by atoms with Crippen LogP contribution in [-0.4, -0.2) is 46.9 Å². The van der Waals surface area contributed by atoms with Gasteiger partial charge in [-0.05, 0) is 66.8 Å². The summed E-state index contributed by atoms with van der Waals surface area (Å²) in [6.45, 7) is 8.56. The standard InChI is InChI=1S/C30H33F4N3O/c1-20(2)15-37(29(38)22-10-12-26(31)13-11-22)17-24-16-36(18-27-9-4-6-21(3)35-27)19-28(24)23-7-5-8-25(14-23)30(32,33)34/h4-14,20,24,28H,15-19H2,1-3H3. The number of rotatable bonds is 8. The molecular weight excluding hydrogens is 494 g/mol. The Morgan fingerprint density at radius 3 is 2.42 bits per heavy atom. The van der Waals surface area contributed by atoms with E-state index in [1.165, 1.54) is 36.4 Å². The van der Waals surface area contributed by atoms with Crippen LogP contribution in [0.3, 0.4) is 0 Å². The van der Waals surface area contributed by atoms with Gasteiger partial charge in [0, 0.05) is 49.9 Å². The molecule has 2 heterocycles. The smallest absolute Gasteiger partial charge is 0.338 e. The summed E-state index contributed by atoms with van der Waals surface area (Å²) in [6, 6.07) is 16.8. The Hall–Kier alpha value is -3.26. The van der Waals surface area contributed by atoms with E-state index in [1.807, 2.05) is 39.0 Å². The number of halogens is 4. The number of amides is 1. The summed E-state index contributed by atoms with van der Waals surface area (Å²) in [5.41, 5.74) is 2.13. The van der Waals surface area contributed by atoms with E-state index in [4.69, 9.17) is 0 Å². The van der Waals surface area contributed by atoms with Crippen LogP contribution in [0.4, 0.5) is 17.6 Å². The number of hydrogen-bond donors (Lipinski definition) is 0. The minimum absolute atomic E-state index is 0.0913. The van der Waals surface area contributed by atoms with Gasteiger partial charge in [0.15, 0.2) is 0 Å². The third-order valence-electron chi connectivity index (χ3n) is 6.91. The molecule has 2 unspecified atom stereocenters. The van der Waals surface area contributed by atoms with Crippen LogP contribution in [0.2, 0.25) is 0 Å². The number of hydrogen-bond acceptors (Lipinski definition) is 3. The highest BCUT2D eigenvalue weighted by Gasteiger charge is 2.38. The number of aromatic nitrogens is 1. The van der Waals surface area contributed by atoms with Gasteiger partial charge in [-0.15, -0.1) is 0 Å². The van der Waals surface area contributed by atoms with Crippen molar-refractivity contribution in [3.05, 3.63) is 101 Å². The first-order valence-electron chi connectivity index (χ1n) is 12.9. The molecule has 1 aliphatic rings. The lowest BCUT2D eigenvalue weighted by atomic mass is 9.87. The molecule has 0 saturated carbocycles. The molecule has 0 aliphatic carbocycles. The zero-order valence-corrected chi connectivity index (χ0v) is 21.9. The Labute approximate surface area is 221 Å². The fourth-order valence-electron chi connectivity index (χ4n) is 5.25. The molecule has 4 nitrogen and oxygen atoms in total. The summed E-state index contributed by atoms with van der Waals surface area (Å²) in [6.07, 6.45) is -4.43. The number of aryl methyl sites for hydroxylation is 1. The van der Waals surface area contributed by atoms with E-state index < -0.39 is 17.6 Å². The summed E-state index contributed by atoms with van der Waals surface area (Å²) in [7, 11) is 0. The van der Waals surface area contributed by atoms with Gasteiger partial charge in [0.1, 0.15) is 5.82 Å². The van der Waals surface area contributed by atoms with Crippen molar-refractivity contribution in [1.82, 2.24) is 14.8 Å². The van der Waals surface area contributed by atoms with Crippen LogP contribution in [0.5, 0.6) is 0 Å². The highest BCUT2D eigenvalue weighted by Crippen LogP contribution is 2.37. The molecule has 202 valence electrons. The minimum atomic E-state index is -4.43. The molecule has 1 amide bonds. The van der Waals surface area contributed by atoms with Crippen molar-refractivity contribution in [2.45, 2.75) is 39.4 Å². The zero-order valence-electron chi connectivity index (χ0n) is 21.9. The van der Waals surface area contributed by atoms with Crippen LogP contribution in [0.1, 0.15) is 52.6 Å². The van der Waals surface area contributed by atoms with Gasteiger partial charge in [-0.2, -0.15) is 13.2 Å². The van der Waals surface area contributed by atoms with Crippen LogP contribution in [0.25, 0.3) is 0 Å². The molecule has 8 heteroatoms. The second-order valence-corrected chi connectivity index (χ2v) is 10.6. The summed E-state index contributed by atoms with van der Waals surface area (Å²) >= 11 is 0. The Morgan fingerprint density at radius 2 is 1.76 bits per heavy atom. The van der Waals surface area contributed by atoms with E-state index in [0.717, 1.165) is 17.5 Å². The Balaban J connectivity index is 1.63. The van der Waals surface area contributed by atoms with Crippen molar-refractivity contribution in [1.29, 1.82) is 0 Å². The second kappa shape index (κ2) is 11.6. The number of nitrogens with zero attached hydrogens (tertiary/aromatic N) is 3. The first-order chi connectivity index (χ1) is 18.0. The SMILES string of the molecule is Cc1cccc(CN2CC(CN(CC(C)C)C(=O)c3ccc(F)cc3)C(c3cccc(C(F)(F)F)c3)C2)n1. The zero-order chi connectivity index (χ0) is 27.4. The lowest BCUT2D eigenvalue weighted by molar-refractivity contribution is -0.137. The van der Waals surface area contributed by atoms with Crippen molar-refractivity contribution < 1.29 is 22.4 Å². The third-order valence-corrected chi connectivity index (χ3v) is 6.91. The van der Waals surface area contributed by atoms with E-state index >= 15 is 0 Å². The number of carbonyl (C=O) groups is 1. The summed E-state index contributed by atoms with van der Waals surface area (Å²) < 4.78 is 54.1. The Kier molecular flexibility index (Phi) is 8.51. The lowest BCUT2D eigenvalue weighted by Gasteiger charge is -2.30. The van der Waals surface area contributed by atoms with Crippen molar-refractivity contribution in [2.75, 3.05) is 26.2 Å². The third kappa shape index (κ3) is 6.98. The number of carbonyl (C=O) groups excluding carboxylic acids is 1. The van der Waals surface area contributed by atoms with Crippen LogP contribution in [0.15, 0.2) is 66.7 Å². The molecule has 0 radical (unpaired) electrons. The van der Waals surface area contributed by atoms with Gasteiger partial charge in [-0.1, -0.05) is 38.1 Å². The normalized spacial score (nSPS) is 18.2. The maximum Gasteiger partial charge on any atom is 0.416 e. The molecule has 1 fully saturated rings. The molecule has 0 bridgehead atoms. The van der Waals surface area contributed by atoms with Crippen molar-refractivity contribution >= 4 is 5.91 Å². The van der Waals surface area contributed by atoms with Crippen LogP contribution in [0, 0.1) is 24.6 Å². The van der Waals surface area contributed by atoms with Gasteiger partial charge in [-0.25, -0.2) is 4.39 Å². The highest BCUT2D eigenvalue weighted by atomic mass is 19.4. The van der Waals surface area contributed by atoms with Crippen molar-refractivity contribution in [3.8, 4) is 0 Å². The molecule has 2 atom stereocenters. The number of benzene rings is 2. The fourth-order valence-corrected chi connectivity index (χ4v) is 5.25. The molecule has 2 aromatic carbocycles. The van der Waals surface area contributed by atoms with Crippen LogP contribution in [-0.2, 0) is 12.7 Å². The average Bonchev–Trinajstić information content (AvgIpc) is 3.25. The van der Waals surface area contributed by atoms with Gasteiger partial charge in [0.2, 0.25) is 0 Å². The van der Waals surface area contributed by atoms with E-state index in [-0.39, 0.29) is 23.7 Å². The van der Waals surface area contributed by atoms with Crippen molar-refractivity contribution in [3.63, 3.8) is 0 Å². The van der Waals surface area contributed by atoms with Gasteiger partial charge < -0.3 is 4.90 Å². The van der Waals surface area contributed by atoms with Gasteiger partial charge >= 0.3 is 6.18 Å². The molecule has 1 aliphatic heterocycles. The Bertz CT molecular complexity index is 1240. The molecule has 3 aromatic rings. The summed E-state index contributed by atoms with van der Waals surface area (Å²) in [5, 5.41) is 0. The number of alkyl halides is 3. The molecule has 0 N–H and O–H groups in total. The summed E-state index contributed by atoms with van der Waals surface area (Å²) in [4.78, 5) is 22.0. The fraction of sp³-hybridized carbons (Fsp3) is 0.400. The lowest BCUT2D eigenvalue weighted by Crippen LogP contribution is -2.39. The van der Waals surface area contributed by atoms with Crippen molar-refractivity contribution in [2.24, 2.45) is 11.8 Å². The van der Waals surface area contributed by atoms with Gasteiger partial charge in [0.25, 0.3) is 5.91 Å². The molecule has 38 heavy (non-hydrogen) atoms. The van der Waals surface area contributed by atoms with Gasteiger partial charge in [0.05, 0.1) is 11.3 Å². The second-order valence-electron chi connectivity index (χ2n) is 10.6. The number of likely N-dealkylation sites (tertiary alicyclic amines) is 1. The molecule has 1 saturated heterocycles. The molecule has 4 rings (SSSR count). The quantitative estimate of drug-likeness (QED) is 0.311. The average molecular weight is 528 g/mol. The maximum atomic E-state index is 13.5. The predicted molar refractivity (Wildman–Crippen MR) is 139 cm³/mol. The van der Waals surface area contributed by atoms with E-state index in [9.17, 15) is 22.4 Å². The number of pyridine rings is 1. The predicted octanol–water partition coefficient (Wildman–Crippen LogP) is 6.56.